The number of carbonyl (C=O) groups is 1. The van der Waals surface area contributed by atoms with Crippen LogP contribution in [0, 0.1) is 0 Å². The van der Waals surface area contributed by atoms with E-state index in [9.17, 15) is 4.79 Å². The van der Waals surface area contributed by atoms with Crippen LogP contribution in [0.25, 0.3) is 5.57 Å². The number of aromatic nitrogens is 3. The summed E-state index contributed by atoms with van der Waals surface area (Å²) in [7, 11) is 0. The van der Waals surface area contributed by atoms with Gasteiger partial charge in [-0.15, -0.1) is 0 Å². The van der Waals surface area contributed by atoms with Crippen LogP contribution in [-0.4, -0.2) is 47.0 Å². The molecule has 3 rings (SSSR count). The maximum Gasteiger partial charge on any atom is 0.274 e. The number of carbonyl (C=O) groups excluding carboxylic acids is 1. The maximum absolute atomic E-state index is 12.7. The minimum Gasteiger partial charge on any atom is -0.367 e. The van der Waals surface area contributed by atoms with Crippen molar-refractivity contribution in [2.24, 2.45) is 0 Å². The van der Waals surface area contributed by atoms with Gasteiger partial charge in [0.2, 0.25) is 0 Å². The normalized spacial score (nSPS) is 14.8. The first kappa shape index (κ1) is 17.8. The predicted octanol–water partition coefficient (Wildman–Crippen LogP) is 2.12. The second-order valence-corrected chi connectivity index (χ2v) is 5.80. The Hall–Kier alpha value is -3.06. The summed E-state index contributed by atoms with van der Waals surface area (Å²) in [6.45, 7) is 9.22. The Bertz CT molecular complexity index is 826. The van der Waals surface area contributed by atoms with E-state index in [0.717, 1.165) is 37.4 Å². The van der Waals surface area contributed by atoms with Gasteiger partial charge in [0.1, 0.15) is 5.69 Å². The number of amides is 1. The van der Waals surface area contributed by atoms with Crippen LogP contribution in [0.15, 0.2) is 49.5 Å². The van der Waals surface area contributed by atoms with E-state index in [2.05, 4.69) is 37.1 Å². The lowest BCUT2D eigenvalue weighted by molar-refractivity contribution is 0.102. The lowest BCUT2D eigenvalue weighted by Gasteiger charge is -2.30. The van der Waals surface area contributed by atoms with Crippen molar-refractivity contribution in [2.45, 2.75) is 6.92 Å². The van der Waals surface area contributed by atoms with Crippen molar-refractivity contribution in [2.75, 3.05) is 36.4 Å². The highest BCUT2D eigenvalue weighted by Gasteiger charge is 2.17. The van der Waals surface area contributed by atoms with Gasteiger partial charge in [0, 0.05) is 44.1 Å². The smallest absolute Gasteiger partial charge is 0.274 e. The zero-order valence-corrected chi connectivity index (χ0v) is 14.8. The second-order valence-electron chi connectivity index (χ2n) is 5.80. The van der Waals surface area contributed by atoms with Crippen molar-refractivity contribution in [3.63, 3.8) is 0 Å². The van der Waals surface area contributed by atoms with Crippen LogP contribution >= 0.6 is 0 Å². The van der Waals surface area contributed by atoms with Gasteiger partial charge in [-0.3, -0.25) is 9.78 Å². The molecule has 1 amide bonds. The third-order valence-corrected chi connectivity index (χ3v) is 4.18. The van der Waals surface area contributed by atoms with Crippen LogP contribution in [-0.2, 0) is 0 Å². The third kappa shape index (κ3) is 3.94. The number of anilines is 2. The predicted molar refractivity (Wildman–Crippen MR) is 103 cm³/mol. The van der Waals surface area contributed by atoms with Crippen molar-refractivity contribution in [3.8, 4) is 0 Å². The van der Waals surface area contributed by atoms with E-state index in [4.69, 9.17) is 0 Å². The maximum atomic E-state index is 12.7. The first-order valence-electron chi connectivity index (χ1n) is 8.56. The van der Waals surface area contributed by atoms with Crippen LogP contribution in [0.4, 0.5) is 11.4 Å². The molecule has 2 aromatic rings. The number of pyridine rings is 1. The fraction of sp³-hybridized carbons (Fsp3) is 0.263. The van der Waals surface area contributed by atoms with Crippen molar-refractivity contribution in [1.29, 1.82) is 0 Å². The molecule has 134 valence electrons. The van der Waals surface area contributed by atoms with E-state index in [-0.39, 0.29) is 5.91 Å². The molecular weight excluding hydrogens is 328 g/mol. The number of piperazine rings is 1. The molecule has 1 fully saturated rings. The van der Waals surface area contributed by atoms with Gasteiger partial charge in [0.05, 0.1) is 17.6 Å². The third-order valence-electron chi connectivity index (χ3n) is 4.18. The van der Waals surface area contributed by atoms with Crippen LogP contribution in [0.2, 0.25) is 0 Å². The summed E-state index contributed by atoms with van der Waals surface area (Å²) in [5, 5.41) is 6.25. The number of hydrogen-bond donors (Lipinski definition) is 2. The SMILES string of the molecule is C=C/C(=C\C)c1nccc(C(=O)Nc2cnccc2N2CCNCC2)n1. The Balaban J connectivity index is 1.83. The van der Waals surface area contributed by atoms with Gasteiger partial charge in [-0.05, 0) is 19.1 Å². The molecule has 1 aliphatic heterocycles. The van der Waals surface area contributed by atoms with E-state index in [1.807, 2.05) is 19.1 Å². The van der Waals surface area contributed by atoms with Crippen LogP contribution in [0.1, 0.15) is 23.2 Å². The molecule has 7 nitrogen and oxygen atoms in total. The molecule has 0 unspecified atom stereocenters. The van der Waals surface area contributed by atoms with Gasteiger partial charge < -0.3 is 15.5 Å². The Morgan fingerprint density at radius 3 is 2.85 bits per heavy atom. The summed E-state index contributed by atoms with van der Waals surface area (Å²) >= 11 is 0. The first-order valence-corrected chi connectivity index (χ1v) is 8.56. The zero-order chi connectivity index (χ0) is 18.4. The minimum atomic E-state index is -0.294. The van der Waals surface area contributed by atoms with E-state index < -0.39 is 0 Å². The fourth-order valence-corrected chi connectivity index (χ4v) is 2.81. The molecule has 2 aromatic heterocycles. The first-order chi connectivity index (χ1) is 12.7. The fourth-order valence-electron chi connectivity index (χ4n) is 2.81. The average Bonchev–Trinajstić information content (AvgIpc) is 2.70. The Labute approximate surface area is 152 Å². The molecule has 0 aromatic carbocycles. The summed E-state index contributed by atoms with van der Waals surface area (Å²) < 4.78 is 0. The topological polar surface area (TPSA) is 83.0 Å². The van der Waals surface area contributed by atoms with Gasteiger partial charge in [0.15, 0.2) is 5.82 Å². The lowest BCUT2D eigenvalue weighted by atomic mass is 10.2. The molecule has 1 aliphatic rings. The number of nitrogens with zero attached hydrogens (tertiary/aromatic N) is 4. The highest BCUT2D eigenvalue weighted by Crippen LogP contribution is 2.25. The van der Waals surface area contributed by atoms with Crippen molar-refractivity contribution in [1.82, 2.24) is 20.3 Å². The molecule has 0 spiro atoms. The Morgan fingerprint density at radius 2 is 2.12 bits per heavy atom. The molecule has 0 bridgehead atoms. The van der Waals surface area contributed by atoms with Crippen LogP contribution in [0.5, 0.6) is 0 Å². The van der Waals surface area contributed by atoms with Crippen molar-refractivity contribution in [3.05, 3.63) is 61.0 Å². The summed E-state index contributed by atoms with van der Waals surface area (Å²) in [5.41, 5.74) is 2.72. The van der Waals surface area contributed by atoms with Crippen molar-refractivity contribution >= 4 is 22.9 Å². The summed E-state index contributed by atoms with van der Waals surface area (Å²) in [6, 6.07) is 3.51. The van der Waals surface area contributed by atoms with Gasteiger partial charge in [0.25, 0.3) is 5.91 Å². The van der Waals surface area contributed by atoms with E-state index in [1.165, 1.54) is 0 Å². The molecule has 3 heterocycles. The Kier molecular flexibility index (Phi) is 5.70. The summed E-state index contributed by atoms with van der Waals surface area (Å²) in [6.07, 6.45) is 8.50. The molecule has 26 heavy (non-hydrogen) atoms. The molecule has 7 heteroatoms. The highest BCUT2D eigenvalue weighted by atomic mass is 16.1. The number of rotatable bonds is 5. The average molecular weight is 350 g/mol. The monoisotopic (exact) mass is 350 g/mol. The standard InChI is InChI=1S/C19H22N6O/c1-3-14(4-2)18-22-8-5-15(23-18)19(26)24-16-13-21-7-6-17(16)25-11-9-20-10-12-25/h3-8,13,20H,1,9-12H2,2H3,(H,24,26)/b14-4+. The van der Waals surface area contributed by atoms with Gasteiger partial charge in [-0.2, -0.15) is 0 Å². The molecule has 0 aliphatic carbocycles. The highest BCUT2D eigenvalue weighted by molar-refractivity contribution is 6.04. The number of nitrogens with one attached hydrogen (secondary N) is 2. The number of hydrogen-bond acceptors (Lipinski definition) is 6. The van der Waals surface area contributed by atoms with E-state index in [1.54, 1.807) is 30.7 Å². The molecule has 1 saturated heterocycles. The van der Waals surface area contributed by atoms with E-state index >= 15 is 0 Å². The molecule has 0 saturated carbocycles. The minimum absolute atomic E-state index is 0.294. The second kappa shape index (κ2) is 8.35. The van der Waals surface area contributed by atoms with Crippen LogP contribution < -0.4 is 15.5 Å². The molecule has 0 radical (unpaired) electrons. The largest absolute Gasteiger partial charge is 0.367 e. The summed E-state index contributed by atoms with van der Waals surface area (Å²) in [5.74, 6) is 0.182. The zero-order valence-electron chi connectivity index (χ0n) is 14.8. The Morgan fingerprint density at radius 1 is 1.31 bits per heavy atom. The van der Waals surface area contributed by atoms with Gasteiger partial charge in [-0.1, -0.05) is 18.7 Å². The number of allylic oxidation sites excluding steroid dienone is 3. The van der Waals surface area contributed by atoms with Crippen molar-refractivity contribution < 1.29 is 4.79 Å². The van der Waals surface area contributed by atoms with E-state index in [0.29, 0.717) is 17.2 Å². The molecule has 0 atom stereocenters. The van der Waals surface area contributed by atoms with Gasteiger partial charge in [-0.25, -0.2) is 9.97 Å². The molecule has 2 N–H and O–H groups in total. The summed E-state index contributed by atoms with van der Waals surface area (Å²) in [4.78, 5) is 27.6. The lowest BCUT2D eigenvalue weighted by Crippen LogP contribution is -2.43. The van der Waals surface area contributed by atoms with Crippen LogP contribution in [0.3, 0.4) is 0 Å². The molecular formula is C19H22N6O. The van der Waals surface area contributed by atoms with Gasteiger partial charge >= 0.3 is 0 Å². The quantitative estimate of drug-likeness (QED) is 0.804.